The zero-order valence-electron chi connectivity index (χ0n) is 15.0. The number of allylic oxidation sites excluding steroid dienone is 4. The molecule has 1 aromatic heterocycles. The van der Waals surface area contributed by atoms with Crippen molar-refractivity contribution in [3.63, 3.8) is 0 Å². The summed E-state index contributed by atoms with van der Waals surface area (Å²) in [6.07, 6.45) is 14.0. The second-order valence-corrected chi connectivity index (χ2v) is 7.51. The van der Waals surface area contributed by atoms with Crippen molar-refractivity contribution in [2.24, 2.45) is 5.92 Å². The second kappa shape index (κ2) is 7.29. The summed E-state index contributed by atoms with van der Waals surface area (Å²) in [5.41, 5.74) is 3.81. The first-order valence-electron chi connectivity index (χ1n) is 9.15. The maximum absolute atomic E-state index is 6.46. The third-order valence-corrected chi connectivity index (χ3v) is 6.16. The molecular weight excluding hydrogens is 346 g/mol. The van der Waals surface area contributed by atoms with E-state index in [1.165, 1.54) is 11.1 Å². The van der Waals surface area contributed by atoms with Crippen molar-refractivity contribution < 1.29 is 4.74 Å². The summed E-state index contributed by atoms with van der Waals surface area (Å²) in [6.45, 7) is 2.07. The number of halogens is 1. The molecular formula is C21H24ClN3O. The van der Waals surface area contributed by atoms with E-state index in [1.807, 2.05) is 18.5 Å². The maximum Gasteiger partial charge on any atom is 0.137 e. The topological polar surface area (TPSA) is 49.9 Å². The lowest BCUT2D eigenvalue weighted by atomic mass is 9.62. The highest BCUT2D eigenvalue weighted by atomic mass is 35.5. The molecule has 1 fully saturated rings. The summed E-state index contributed by atoms with van der Waals surface area (Å²) in [4.78, 5) is 0. The van der Waals surface area contributed by atoms with E-state index in [1.54, 1.807) is 7.11 Å². The highest BCUT2D eigenvalue weighted by molar-refractivity contribution is 6.32. The van der Waals surface area contributed by atoms with Crippen LogP contribution in [0.3, 0.4) is 0 Å². The summed E-state index contributed by atoms with van der Waals surface area (Å²) in [7, 11) is 1.66. The van der Waals surface area contributed by atoms with Gasteiger partial charge in [-0.15, -0.1) is 0 Å². The predicted octanol–water partition coefficient (Wildman–Crippen LogP) is 4.35. The summed E-state index contributed by atoms with van der Waals surface area (Å²) in [5.74, 6) is 1.20. The SMILES string of the molecule is COc1ccc(C2(C3C=CC(c4cn[nH]c4)=CC3)CCNCC2)cc1Cl. The minimum Gasteiger partial charge on any atom is -0.495 e. The van der Waals surface area contributed by atoms with Crippen LogP contribution in [0.15, 0.2) is 48.8 Å². The van der Waals surface area contributed by atoms with Crippen LogP contribution < -0.4 is 10.1 Å². The monoisotopic (exact) mass is 369 g/mol. The number of H-pyrrole nitrogens is 1. The van der Waals surface area contributed by atoms with Gasteiger partial charge in [-0.3, -0.25) is 5.10 Å². The van der Waals surface area contributed by atoms with Crippen molar-refractivity contribution in [1.82, 2.24) is 15.5 Å². The number of hydrogen-bond donors (Lipinski definition) is 2. The second-order valence-electron chi connectivity index (χ2n) is 7.10. The number of ether oxygens (including phenoxy) is 1. The molecule has 26 heavy (non-hydrogen) atoms. The van der Waals surface area contributed by atoms with E-state index in [0.29, 0.717) is 10.9 Å². The summed E-state index contributed by atoms with van der Waals surface area (Å²) in [5, 5.41) is 11.2. The van der Waals surface area contributed by atoms with Gasteiger partial charge in [-0.25, -0.2) is 0 Å². The lowest BCUT2D eigenvalue weighted by Gasteiger charge is -2.44. The zero-order chi connectivity index (χ0) is 18.0. The van der Waals surface area contributed by atoms with Crippen LogP contribution in [0.25, 0.3) is 5.57 Å². The molecule has 0 amide bonds. The van der Waals surface area contributed by atoms with Crippen molar-refractivity contribution in [1.29, 1.82) is 0 Å². The Morgan fingerprint density at radius 3 is 2.73 bits per heavy atom. The molecule has 1 aliphatic heterocycles. The average molecular weight is 370 g/mol. The van der Waals surface area contributed by atoms with E-state index in [9.17, 15) is 0 Å². The fourth-order valence-electron chi connectivity index (χ4n) is 4.38. The van der Waals surface area contributed by atoms with E-state index in [-0.39, 0.29) is 5.41 Å². The predicted molar refractivity (Wildman–Crippen MR) is 106 cm³/mol. The van der Waals surface area contributed by atoms with Crippen LogP contribution in [0.2, 0.25) is 5.02 Å². The Morgan fingerprint density at radius 1 is 1.27 bits per heavy atom. The van der Waals surface area contributed by atoms with E-state index in [0.717, 1.165) is 43.7 Å². The van der Waals surface area contributed by atoms with Gasteiger partial charge in [0.1, 0.15) is 5.75 Å². The lowest BCUT2D eigenvalue weighted by Crippen LogP contribution is -2.44. The van der Waals surface area contributed by atoms with Gasteiger partial charge >= 0.3 is 0 Å². The number of nitrogens with zero attached hydrogens (tertiary/aromatic N) is 1. The van der Waals surface area contributed by atoms with Gasteiger partial charge in [-0.2, -0.15) is 5.10 Å². The normalized spacial score (nSPS) is 22.1. The van der Waals surface area contributed by atoms with Crippen LogP contribution in [0, 0.1) is 5.92 Å². The van der Waals surface area contributed by atoms with Crippen LogP contribution >= 0.6 is 11.6 Å². The molecule has 0 spiro atoms. The standard InChI is InChI=1S/C21H24ClN3O/c1-26-20-7-6-18(12-19(20)22)21(8-10-23-11-9-21)17-4-2-15(3-5-17)16-13-24-25-14-16/h2-4,6-7,12-14,17,23H,5,8-11H2,1H3,(H,24,25). The number of rotatable bonds is 4. The number of hydrogen-bond acceptors (Lipinski definition) is 3. The van der Waals surface area contributed by atoms with Gasteiger partial charge < -0.3 is 10.1 Å². The number of aromatic amines is 1. The van der Waals surface area contributed by atoms with Crippen molar-refractivity contribution in [2.75, 3.05) is 20.2 Å². The highest BCUT2D eigenvalue weighted by Crippen LogP contribution is 2.46. The van der Waals surface area contributed by atoms with Crippen LogP contribution in [-0.2, 0) is 5.41 Å². The fraction of sp³-hybridized carbons (Fsp3) is 0.381. The molecule has 0 saturated carbocycles. The zero-order valence-corrected chi connectivity index (χ0v) is 15.7. The molecule has 5 heteroatoms. The number of aromatic nitrogens is 2. The van der Waals surface area contributed by atoms with E-state index < -0.39 is 0 Å². The van der Waals surface area contributed by atoms with Crippen LogP contribution in [0.1, 0.15) is 30.4 Å². The van der Waals surface area contributed by atoms with Gasteiger partial charge in [0.2, 0.25) is 0 Å². The van der Waals surface area contributed by atoms with Crippen LogP contribution in [-0.4, -0.2) is 30.4 Å². The summed E-state index contributed by atoms with van der Waals surface area (Å²) in [6, 6.07) is 6.30. The van der Waals surface area contributed by atoms with Crippen LogP contribution in [0.4, 0.5) is 0 Å². The molecule has 4 nitrogen and oxygen atoms in total. The minimum absolute atomic E-state index is 0.107. The average Bonchev–Trinajstić information content (AvgIpc) is 3.23. The van der Waals surface area contributed by atoms with Gasteiger partial charge in [0.25, 0.3) is 0 Å². The van der Waals surface area contributed by atoms with E-state index in [4.69, 9.17) is 16.3 Å². The smallest absolute Gasteiger partial charge is 0.137 e. The molecule has 4 rings (SSSR count). The quantitative estimate of drug-likeness (QED) is 0.842. The number of piperidine rings is 1. The number of nitrogens with one attached hydrogen (secondary N) is 2. The molecule has 2 aliphatic rings. The molecule has 2 aromatic rings. The lowest BCUT2D eigenvalue weighted by molar-refractivity contribution is 0.235. The first kappa shape index (κ1) is 17.4. The maximum atomic E-state index is 6.46. The Kier molecular flexibility index (Phi) is 4.88. The van der Waals surface area contributed by atoms with Gasteiger partial charge in [-0.05, 0) is 61.5 Å². The Bertz CT molecular complexity index is 820. The summed E-state index contributed by atoms with van der Waals surface area (Å²) >= 11 is 6.46. The Balaban J connectivity index is 1.66. The first-order chi connectivity index (χ1) is 12.7. The van der Waals surface area contributed by atoms with Gasteiger partial charge in [0.05, 0.1) is 18.3 Å². The molecule has 1 unspecified atom stereocenters. The van der Waals surface area contributed by atoms with E-state index in [2.05, 4.69) is 45.9 Å². The molecule has 136 valence electrons. The van der Waals surface area contributed by atoms with Gasteiger partial charge in [0, 0.05) is 17.2 Å². The molecule has 0 bridgehead atoms. The highest BCUT2D eigenvalue weighted by Gasteiger charge is 2.40. The third-order valence-electron chi connectivity index (χ3n) is 5.86. The van der Waals surface area contributed by atoms with Gasteiger partial charge in [0.15, 0.2) is 0 Å². The summed E-state index contributed by atoms with van der Waals surface area (Å²) < 4.78 is 5.34. The molecule has 1 atom stereocenters. The van der Waals surface area contributed by atoms with Crippen molar-refractivity contribution in [3.8, 4) is 5.75 Å². The Labute approximate surface area is 159 Å². The number of methoxy groups -OCH3 is 1. The Hall–Kier alpha value is -2.04. The molecule has 2 heterocycles. The molecule has 1 aromatic carbocycles. The van der Waals surface area contributed by atoms with Crippen molar-refractivity contribution in [3.05, 3.63) is 65.0 Å². The van der Waals surface area contributed by atoms with Crippen molar-refractivity contribution >= 4 is 17.2 Å². The molecule has 2 N–H and O–H groups in total. The molecule has 1 aliphatic carbocycles. The molecule has 0 radical (unpaired) electrons. The van der Waals surface area contributed by atoms with Crippen molar-refractivity contribution in [2.45, 2.75) is 24.7 Å². The molecule has 1 saturated heterocycles. The number of benzene rings is 1. The minimum atomic E-state index is 0.107. The fourth-order valence-corrected chi connectivity index (χ4v) is 4.63. The first-order valence-corrected chi connectivity index (χ1v) is 9.53. The Morgan fingerprint density at radius 2 is 2.12 bits per heavy atom. The van der Waals surface area contributed by atoms with Gasteiger partial charge in [-0.1, -0.05) is 35.9 Å². The van der Waals surface area contributed by atoms with Crippen LogP contribution in [0.5, 0.6) is 5.75 Å². The largest absolute Gasteiger partial charge is 0.495 e. The third kappa shape index (κ3) is 3.08. The van der Waals surface area contributed by atoms with E-state index >= 15 is 0 Å².